The molecule has 0 bridgehead atoms. The number of pyridine rings is 1. The Kier molecular flexibility index (Phi) is 3.66. The second kappa shape index (κ2) is 6.02. The summed E-state index contributed by atoms with van der Waals surface area (Å²) < 4.78 is 20.4. The molecule has 0 saturated heterocycles. The van der Waals surface area contributed by atoms with Gasteiger partial charge in [-0.1, -0.05) is 35.9 Å². The lowest BCUT2D eigenvalue weighted by atomic mass is 9.79. The first kappa shape index (κ1) is 17.6. The number of aromatic nitrogens is 1. The van der Waals surface area contributed by atoms with Crippen molar-refractivity contribution >= 4 is 23.5 Å². The highest BCUT2D eigenvalue weighted by Crippen LogP contribution is 2.52. The largest absolute Gasteiger partial charge is 0.457 e. The number of carbonyl (C=O) groups excluding carboxylic acids is 1. The molecule has 5 rings (SSSR count). The molecule has 3 aromatic rings. The number of amides is 1. The van der Waals surface area contributed by atoms with Crippen LogP contribution in [0.4, 0.5) is 4.39 Å². The van der Waals surface area contributed by atoms with Crippen LogP contribution < -0.4 is 10.5 Å². The number of hydrogen-bond acceptors (Lipinski definition) is 5. The number of ether oxygens (including phenoxy) is 1. The van der Waals surface area contributed by atoms with Crippen LogP contribution in [0.1, 0.15) is 11.1 Å². The maximum atomic E-state index is 14.4. The minimum Gasteiger partial charge on any atom is -0.457 e. The van der Waals surface area contributed by atoms with Crippen molar-refractivity contribution in [1.82, 2.24) is 9.88 Å². The van der Waals surface area contributed by atoms with Crippen molar-refractivity contribution in [3.8, 4) is 22.6 Å². The molecule has 2 aliphatic heterocycles. The molecule has 144 valence electrons. The van der Waals surface area contributed by atoms with Crippen molar-refractivity contribution in [3.63, 3.8) is 0 Å². The number of carbonyl (C=O) groups is 1. The smallest absolute Gasteiger partial charge is 0.266 e. The molecule has 1 amide bonds. The van der Waals surface area contributed by atoms with Crippen molar-refractivity contribution in [2.24, 2.45) is 10.7 Å². The lowest BCUT2D eigenvalue weighted by Gasteiger charge is -2.33. The third-order valence-electron chi connectivity index (χ3n) is 5.22. The topological polar surface area (TPSA) is 80.8 Å². The van der Waals surface area contributed by atoms with Crippen molar-refractivity contribution in [1.29, 1.82) is 0 Å². The van der Waals surface area contributed by atoms with Gasteiger partial charge < -0.3 is 10.5 Å². The first-order valence-corrected chi connectivity index (χ1v) is 9.16. The molecule has 3 heterocycles. The van der Waals surface area contributed by atoms with Crippen LogP contribution in [-0.4, -0.2) is 28.8 Å². The predicted molar refractivity (Wildman–Crippen MR) is 106 cm³/mol. The Balaban J connectivity index is 1.80. The third kappa shape index (κ3) is 2.37. The van der Waals surface area contributed by atoms with Crippen molar-refractivity contribution in [2.45, 2.75) is 5.54 Å². The maximum Gasteiger partial charge on any atom is 0.266 e. The van der Waals surface area contributed by atoms with Gasteiger partial charge in [-0.3, -0.25) is 9.69 Å². The second-order valence-electron chi connectivity index (χ2n) is 6.85. The van der Waals surface area contributed by atoms with Crippen LogP contribution >= 0.6 is 11.6 Å². The Morgan fingerprint density at radius 3 is 2.66 bits per heavy atom. The molecule has 6 nitrogen and oxygen atoms in total. The van der Waals surface area contributed by atoms with E-state index in [2.05, 4.69) is 9.98 Å². The minimum absolute atomic E-state index is 0.0960. The van der Waals surface area contributed by atoms with Gasteiger partial charge in [0.25, 0.3) is 5.91 Å². The maximum absolute atomic E-state index is 14.4. The average molecular weight is 409 g/mol. The van der Waals surface area contributed by atoms with E-state index in [0.29, 0.717) is 33.2 Å². The molecule has 2 N–H and O–H groups in total. The molecule has 8 heteroatoms. The van der Waals surface area contributed by atoms with E-state index in [4.69, 9.17) is 22.1 Å². The molecule has 2 aliphatic rings. The zero-order valence-electron chi connectivity index (χ0n) is 15.2. The molecule has 2 aromatic carbocycles. The van der Waals surface area contributed by atoms with Gasteiger partial charge in [0.2, 0.25) is 11.5 Å². The lowest BCUT2D eigenvalue weighted by molar-refractivity contribution is -0.129. The Labute approximate surface area is 170 Å². The molecular weight excluding hydrogens is 395 g/mol. The summed E-state index contributed by atoms with van der Waals surface area (Å²) in [6.45, 7) is 0. The number of benzene rings is 2. The summed E-state index contributed by atoms with van der Waals surface area (Å²) in [4.78, 5) is 22.9. The number of para-hydroxylation sites is 1. The fourth-order valence-electron chi connectivity index (χ4n) is 3.80. The number of halogens is 2. The number of likely N-dealkylation sites (N-methyl/N-ethyl adjacent to an activating group) is 1. The zero-order chi connectivity index (χ0) is 20.3. The van der Waals surface area contributed by atoms with Gasteiger partial charge in [-0.15, -0.1) is 0 Å². The van der Waals surface area contributed by atoms with Crippen LogP contribution in [0.2, 0.25) is 5.02 Å². The summed E-state index contributed by atoms with van der Waals surface area (Å²) in [6, 6.07) is 13.7. The quantitative estimate of drug-likeness (QED) is 0.623. The first-order valence-electron chi connectivity index (χ1n) is 8.78. The number of nitrogens with zero attached hydrogens (tertiary/aromatic N) is 3. The fourth-order valence-corrected chi connectivity index (χ4v) is 3.96. The van der Waals surface area contributed by atoms with Crippen LogP contribution in [0.25, 0.3) is 11.1 Å². The van der Waals surface area contributed by atoms with E-state index in [0.717, 1.165) is 0 Å². The monoisotopic (exact) mass is 408 g/mol. The first-order chi connectivity index (χ1) is 13.9. The third-order valence-corrected chi connectivity index (χ3v) is 5.43. The van der Waals surface area contributed by atoms with Crippen LogP contribution in [0, 0.1) is 5.95 Å². The zero-order valence-corrected chi connectivity index (χ0v) is 15.9. The second-order valence-corrected chi connectivity index (χ2v) is 7.28. The standard InChI is InChI=1S/C21H14ClFN4O2/c1-27-19(28)21(26-20(27)24)14-4-2-3-5-16(14)29-17-7-6-11(8-15(17)21)13-9-12(22)10-25-18(13)23/h2-10H,1H3,(H2,24,26). The molecule has 0 aliphatic carbocycles. The van der Waals surface area contributed by atoms with Gasteiger partial charge in [0.05, 0.1) is 5.02 Å². The van der Waals surface area contributed by atoms with E-state index in [9.17, 15) is 9.18 Å². The predicted octanol–water partition coefficient (Wildman–Crippen LogP) is 3.68. The average Bonchev–Trinajstić information content (AvgIpc) is 2.95. The molecule has 0 saturated carbocycles. The Hall–Kier alpha value is -3.45. The molecule has 1 aromatic heterocycles. The number of rotatable bonds is 1. The lowest BCUT2D eigenvalue weighted by Crippen LogP contribution is -2.42. The van der Waals surface area contributed by atoms with E-state index in [1.807, 2.05) is 6.07 Å². The van der Waals surface area contributed by atoms with Crippen molar-refractivity contribution < 1.29 is 13.9 Å². The molecule has 0 fully saturated rings. The molecular formula is C21H14ClFN4O2. The highest BCUT2D eigenvalue weighted by molar-refractivity contribution is 6.30. The Morgan fingerprint density at radius 1 is 1.14 bits per heavy atom. The van der Waals surface area contributed by atoms with E-state index >= 15 is 0 Å². The van der Waals surface area contributed by atoms with E-state index in [1.165, 1.54) is 17.2 Å². The van der Waals surface area contributed by atoms with Gasteiger partial charge in [-0.05, 0) is 29.8 Å². The van der Waals surface area contributed by atoms with Gasteiger partial charge in [0.1, 0.15) is 11.5 Å². The highest BCUT2D eigenvalue weighted by atomic mass is 35.5. The number of nitrogens with two attached hydrogens (primary N) is 1. The van der Waals surface area contributed by atoms with Gasteiger partial charge in [-0.2, -0.15) is 4.39 Å². The molecule has 29 heavy (non-hydrogen) atoms. The van der Waals surface area contributed by atoms with Gasteiger partial charge >= 0.3 is 0 Å². The summed E-state index contributed by atoms with van der Waals surface area (Å²) in [5.74, 6) is 0.0810. The van der Waals surface area contributed by atoms with Gasteiger partial charge in [-0.25, -0.2) is 9.98 Å². The molecule has 1 atom stereocenters. The van der Waals surface area contributed by atoms with Crippen molar-refractivity contribution in [2.75, 3.05) is 7.05 Å². The normalized spacial score (nSPS) is 19.6. The van der Waals surface area contributed by atoms with Gasteiger partial charge in [0, 0.05) is 29.9 Å². The Bertz CT molecular complexity index is 1230. The minimum atomic E-state index is -1.40. The number of fused-ring (bicyclic) bond motifs is 4. The molecule has 1 unspecified atom stereocenters. The number of aliphatic imine (C=N–C) groups is 1. The van der Waals surface area contributed by atoms with E-state index < -0.39 is 11.5 Å². The van der Waals surface area contributed by atoms with E-state index in [1.54, 1.807) is 43.4 Å². The Morgan fingerprint density at radius 2 is 1.90 bits per heavy atom. The summed E-state index contributed by atoms with van der Waals surface area (Å²) in [5.41, 5.74) is 6.37. The van der Waals surface area contributed by atoms with Crippen LogP contribution in [0.3, 0.4) is 0 Å². The molecule has 1 spiro atoms. The number of guanidine groups is 1. The molecule has 0 radical (unpaired) electrons. The van der Waals surface area contributed by atoms with Gasteiger partial charge in [0.15, 0.2) is 5.96 Å². The summed E-state index contributed by atoms with van der Waals surface area (Å²) in [6.07, 6.45) is 1.24. The SMILES string of the molecule is CN1C(=O)C2(N=C1N)c1ccccc1Oc1ccc(-c3cc(Cl)cnc3F)cc12. The fraction of sp³-hybridized carbons (Fsp3) is 0.0952. The number of hydrogen-bond donors (Lipinski definition) is 1. The highest BCUT2D eigenvalue weighted by Gasteiger charge is 2.54. The summed E-state index contributed by atoms with van der Waals surface area (Å²) >= 11 is 6.01. The van der Waals surface area contributed by atoms with Crippen LogP contribution in [-0.2, 0) is 10.3 Å². The van der Waals surface area contributed by atoms with Crippen LogP contribution in [0.5, 0.6) is 11.5 Å². The van der Waals surface area contributed by atoms with Crippen molar-refractivity contribution in [3.05, 3.63) is 76.8 Å². The van der Waals surface area contributed by atoms with E-state index in [-0.39, 0.29) is 17.4 Å². The summed E-state index contributed by atoms with van der Waals surface area (Å²) in [7, 11) is 1.57. The van der Waals surface area contributed by atoms with Crippen LogP contribution in [0.15, 0.2) is 59.7 Å². The summed E-state index contributed by atoms with van der Waals surface area (Å²) in [5, 5.41) is 0.300.